The van der Waals surface area contributed by atoms with Gasteiger partial charge in [0.2, 0.25) is 0 Å². The smallest absolute Gasteiger partial charge is 0.148 e. The maximum atomic E-state index is 15.5. The lowest BCUT2D eigenvalue weighted by molar-refractivity contribution is -0.0958. The number of hydrogen-bond acceptors (Lipinski definition) is 2. The molecule has 0 N–H and O–H groups in total. The van der Waals surface area contributed by atoms with Crippen molar-refractivity contribution in [3.63, 3.8) is 0 Å². The summed E-state index contributed by atoms with van der Waals surface area (Å²) in [5.41, 5.74) is -1.90. The van der Waals surface area contributed by atoms with Crippen LogP contribution in [0.3, 0.4) is 0 Å². The maximum Gasteiger partial charge on any atom is 0.148 e. The molecule has 2 aliphatic rings. The molecule has 0 aliphatic heterocycles. The molecule has 0 radical (unpaired) electrons. The third kappa shape index (κ3) is 7.74. The fourth-order valence-corrected chi connectivity index (χ4v) is 5.06. The molecule has 0 spiro atoms. The van der Waals surface area contributed by atoms with E-state index in [2.05, 4.69) is 34.6 Å². The van der Waals surface area contributed by atoms with Crippen LogP contribution in [0, 0.1) is 11.8 Å². The highest BCUT2D eigenvalue weighted by atomic mass is 19.1. The van der Waals surface area contributed by atoms with Gasteiger partial charge >= 0.3 is 0 Å². The fourth-order valence-electron chi connectivity index (χ4n) is 5.06. The number of hydrogen-bond donors (Lipinski definition) is 0. The second-order valence-electron chi connectivity index (χ2n) is 10.6. The topological polar surface area (TPSA) is 18.5 Å². The fraction of sp³-hybridized carbons (Fsp3) is 0.846. The predicted molar refractivity (Wildman–Crippen MR) is 121 cm³/mol. The molecule has 5 atom stereocenters. The van der Waals surface area contributed by atoms with E-state index in [0.29, 0.717) is 17.6 Å². The van der Waals surface area contributed by atoms with Crippen LogP contribution in [0.1, 0.15) is 106 Å². The number of rotatable bonds is 10. The van der Waals surface area contributed by atoms with Crippen LogP contribution in [0.5, 0.6) is 0 Å². The number of allylic oxidation sites excluding steroid dienone is 3. The molecule has 2 saturated carbocycles. The maximum absolute atomic E-state index is 15.5. The zero-order valence-electron chi connectivity index (χ0n) is 20.0. The highest BCUT2D eigenvalue weighted by Gasteiger charge is 2.39. The summed E-state index contributed by atoms with van der Waals surface area (Å²) in [6.07, 6.45) is 15.0. The summed E-state index contributed by atoms with van der Waals surface area (Å²) >= 11 is 0. The number of ether oxygens (including phenoxy) is 2. The van der Waals surface area contributed by atoms with Crippen LogP contribution < -0.4 is 0 Å². The molecule has 0 amide bonds. The Hall–Kier alpha value is -0.830. The van der Waals surface area contributed by atoms with E-state index in [1.807, 2.05) is 13.0 Å². The number of halogens is 1. The van der Waals surface area contributed by atoms with Crippen molar-refractivity contribution >= 4 is 0 Å². The Balaban J connectivity index is 2.21. The van der Waals surface area contributed by atoms with Crippen LogP contribution >= 0.6 is 0 Å². The van der Waals surface area contributed by atoms with Crippen molar-refractivity contribution < 1.29 is 13.9 Å². The van der Waals surface area contributed by atoms with Crippen molar-refractivity contribution in [1.82, 2.24) is 0 Å². The molecule has 2 nitrogen and oxygen atoms in total. The Morgan fingerprint density at radius 1 is 1.17 bits per heavy atom. The van der Waals surface area contributed by atoms with E-state index in [1.54, 1.807) is 19.1 Å². The zero-order chi connectivity index (χ0) is 21.7. The standard InChI is InChI=1S/C26H45FO2/c1-8-11-20(2)12-16-24(5,27)19-23(29-26(7)17-13-21(3)18-26)22(4)28-25(6)14-9-10-15-25/h12,16,19-22H,8-11,13-15,17-18H2,1-7H3/b16-12-,23-19+/t20?,21-,22-,24?,26?/m1/s1. The molecular formula is C26H45FO2. The molecule has 168 valence electrons. The first-order valence-corrected chi connectivity index (χ1v) is 11.9. The van der Waals surface area contributed by atoms with Crippen molar-refractivity contribution in [2.75, 3.05) is 0 Å². The molecule has 29 heavy (non-hydrogen) atoms. The molecule has 0 saturated heterocycles. The van der Waals surface area contributed by atoms with Crippen molar-refractivity contribution in [1.29, 1.82) is 0 Å². The Bertz CT molecular complexity index is 573. The minimum absolute atomic E-state index is 0.121. The molecule has 0 heterocycles. The molecule has 0 aromatic heterocycles. The first-order chi connectivity index (χ1) is 13.5. The molecule has 0 aromatic carbocycles. The van der Waals surface area contributed by atoms with Gasteiger partial charge in [0.15, 0.2) is 0 Å². The third-order valence-corrected chi connectivity index (χ3v) is 6.75. The predicted octanol–water partition coefficient (Wildman–Crippen LogP) is 7.92. The summed E-state index contributed by atoms with van der Waals surface area (Å²) < 4.78 is 28.5. The first kappa shape index (κ1) is 24.4. The number of alkyl halides is 1. The van der Waals surface area contributed by atoms with E-state index in [4.69, 9.17) is 9.47 Å². The summed E-state index contributed by atoms with van der Waals surface area (Å²) in [6.45, 7) is 14.6. The molecule has 3 heteroatoms. The lowest BCUT2D eigenvalue weighted by Gasteiger charge is -2.35. The van der Waals surface area contributed by atoms with Gasteiger partial charge in [0.1, 0.15) is 23.1 Å². The Morgan fingerprint density at radius 2 is 1.83 bits per heavy atom. The van der Waals surface area contributed by atoms with Crippen LogP contribution in [-0.2, 0) is 9.47 Å². The van der Waals surface area contributed by atoms with Gasteiger partial charge in [-0.25, -0.2) is 4.39 Å². The quantitative estimate of drug-likeness (QED) is 0.270. The van der Waals surface area contributed by atoms with Crippen molar-refractivity contribution in [2.24, 2.45) is 11.8 Å². The lowest BCUT2D eigenvalue weighted by atomic mass is 9.99. The summed E-state index contributed by atoms with van der Waals surface area (Å²) in [5.74, 6) is 1.69. The largest absolute Gasteiger partial charge is 0.489 e. The normalized spacial score (nSPS) is 31.7. The van der Waals surface area contributed by atoms with Gasteiger partial charge in [0.25, 0.3) is 0 Å². The molecular weight excluding hydrogens is 363 g/mol. The van der Waals surface area contributed by atoms with Gasteiger partial charge in [-0.3, -0.25) is 0 Å². The Labute approximate surface area is 179 Å². The van der Waals surface area contributed by atoms with Crippen LogP contribution in [0.2, 0.25) is 0 Å². The van der Waals surface area contributed by atoms with E-state index in [1.165, 1.54) is 12.8 Å². The molecule has 0 aromatic rings. The molecule has 2 rings (SSSR count). The minimum Gasteiger partial charge on any atom is -0.489 e. The second kappa shape index (κ2) is 9.98. The lowest BCUT2D eigenvalue weighted by Crippen LogP contribution is -2.35. The zero-order valence-corrected chi connectivity index (χ0v) is 20.0. The molecule has 3 unspecified atom stereocenters. The van der Waals surface area contributed by atoms with E-state index in [9.17, 15) is 0 Å². The van der Waals surface area contributed by atoms with Crippen LogP contribution in [0.25, 0.3) is 0 Å². The van der Waals surface area contributed by atoms with Gasteiger partial charge in [-0.2, -0.15) is 0 Å². The average molecular weight is 409 g/mol. The summed E-state index contributed by atoms with van der Waals surface area (Å²) in [5, 5.41) is 0. The monoisotopic (exact) mass is 408 g/mol. The minimum atomic E-state index is -1.55. The van der Waals surface area contributed by atoms with E-state index in [-0.39, 0.29) is 17.3 Å². The summed E-state index contributed by atoms with van der Waals surface area (Å²) in [4.78, 5) is 0. The molecule has 0 bridgehead atoms. The Kier molecular flexibility index (Phi) is 8.41. The van der Waals surface area contributed by atoms with Crippen LogP contribution in [-0.4, -0.2) is 23.0 Å². The van der Waals surface area contributed by atoms with E-state index >= 15 is 4.39 Å². The summed E-state index contributed by atoms with van der Waals surface area (Å²) in [7, 11) is 0. The third-order valence-electron chi connectivity index (χ3n) is 6.75. The van der Waals surface area contributed by atoms with E-state index < -0.39 is 5.67 Å². The SMILES string of the molecule is CCCC(C)/C=C\C(C)(F)/C=C(/OC1(C)CC[C@@H](C)C1)[C@@H](C)OC1(C)CCCC1. The van der Waals surface area contributed by atoms with Gasteiger partial charge in [-0.15, -0.1) is 0 Å². The highest BCUT2D eigenvalue weighted by molar-refractivity contribution is 5.18. The van der Waals surface area contributed by atoms with Gasteiger partial charge in [0.05, 0.1) is 5.60 Å². The van der Waals surface area contributed by atoms with Crippen molar-refractivity contribution in [2.45, 2.75) is 129 Å². The highest BCUT2D eigenvalue weighted by Crippen LogP contribution is 2.41. The van der Waals surface area contributed by atoms with Gasteiger partial charge in [-0.1, -0.05) is 46.1 Å². The van der Waals surface area contributed by atoms with Crippen molar-refractivity contribution in [3.8, 4) is 0 Å². The second-order valence-corrected chi connectivity index (χ2v) is 10.6. The average Bonchev–Trinajstić information content (AvgIpc) is 3.18. The van der Waals surface area contributed by atoms with Gasteiger partial charge in [-0.05, 0) is 90.2 Å². The first-order valence-electron chi connectivity index (χ1n) is 11.9. The summed E-state index contributed by atoms with van der Waals surface area (Å²) in [6, 6.07) is 0. The van der Waals surface area contributed by atoms with E-state index in [0.717, 1.165) is 44.9 Å². The van der Waals surface area contributed by atoms with Gasteiger partial charge < -0.3 is 9.47 Å². The Morgan fingerprint density at radius 3 is 2.38 bits per heavy atom. The van der Waals surface area contributed by atoms with Crippen LogP contribution in [0.4, 0.5) is 4.39 Å². The molecule has 2 fully saturated rings. The van der Waals surface area contributed by atoms with Crippen LogP contribution in [0.15, 0.2) is 24.0 Å². The van der Waals surface area contributed by atoms with Crippen molar-refractivity contribution in [3.05, 3.63) is 24.0 Å². The molecule has 2 aliphatic carbocycles. The van der Waals surface area contributed by atoms with Gasteiger partial charge in [0, 0.05) is 0 Å².